The number of ether oxygens (including phenoxy) is 1. The number of rotatable bonds is 1. The minimum absolute atomic E-state index is 0.367. The minimum atomic E-state index is 0.367. The van der Waals surface area contributed by atoms with E-state index in [1.807, 2.05) is 24.1 Å². The topological polar surface area (TPSA) is 12.5 Å². The standard InChI is InChI=1S/C19H22ClNOS/c1-21-8-6-13(7-9-21)16-10-15(20)11-17-19(16)23-18-5-3-2-4-14(18)12-22-17/h2-5,11-13,16,18H,6-10H2,1H3. The van der Waals surface area contributed by atoms with Crippen molar-refractivity contribution in [1.82, 2.24) is 4.90 Å². The highest BCUT2D eigenvalue weighted by Crippen LogP contribution is 2.49. The highest BCUT2D eigenvalue weighted by molar-refractivity contribution is 8.04. The van der Waals surface area contributed by atoms with Gasteiger partial charge in [0, 0.05) is 21.4 Å². The molecule has 0 radical (unpaired) electrons. The Balaban J connectivity index is 1.62. The minimum Gasteiger partial charge on any atom is -0.464 e. The first-order valence-electron chi connectivity index (χ1n) is 8.38. The smallest absolute Gasteiger partial charge is 0.137 e. The molecule has 0 N–H and O–H groups in total. The summed E-state index contributed by atoms with van der Waals surface area (Å²) in [6.45, 7) is 2.37. The average Bonchev–Trinajstić information content (AvgIpc) is 2.74. The van der Waals surface area contributed by atoms with Gasteiger partial charge in [0.1, 0.15) is 5.76 Å². The molecular formula is C19H22ClNOS. The van der Waals surface area contributed by atoms with E-state index in [1.165, 1.54) is 36.4 Å². The SMILES string of the molecule is CN1CCC(C2CC(Cl)=CC3=C2SC2C=CC=CC2=CO3)CC1. The van der Waals surface area contributed by atoms with Crippen molar-refractivity contribution in [3.8, 4) is 0 Å². The highest BCUT2D eigenvalue weighted by atomic mass is 35.5. The van der Waals surface area contributed by atoms with Crippen LogP contribution in [0.25, 0.3) is 0 Å². The molecule has 122 valence electrons. The van der Waals surface area contributed by atoms with Crippen LogP contribution < -0.4 is 0 Å². The third kappa shape index (κ3) is 3.19. The molecule has 0 aromatic rings. The summed E-state index contributed by atoms with van der Waals surface area (Å²) in [6.07, 6.45) is 16.0. The predicted molar refractivity (Wildman–Crippen MR) is 98.1 cm³/mol. The maximum Gasteiger partial charge on any atom is 0.137 e. The number of halogens is 1. The zero-order valence-corrected chi connectivity index (χ0v) is 14.9. The van der Waals surface area contributed by atoms with E-state index in [9.17, 15) is 0 Å². The molecule has 4 rings (SSSR count). The van der Waals surface area contributed by atoms with Crippen molar-refractivity contribution in [2.75, 3.05) is 20.1 Å². The van der Waals surface area contributed by atoms with E-state index in [4.69, 9.17) is 16.3 Å². The highest BCUT2D eigenvalue weighted by Gasteiger charge is 2.35. The lowest BCUT2D eigenvalue weighted by Gasteiger charge is -2.37. The van der Waals surface area contributed by atoms with E-state index in [0.29, 0.717) is 17.1 Å². The van der Waals surface area contributed by atoms with Gasteiger partial charge in [-0.1, -0.05) is 35.9 Å². The second-order valence-corrected chi connectivity index (χ2v) is 8.46. The third-order valence-corrected chi connectivity index (χ3v) is 6.91. The van der Waals surface area contributed by atoms with Crippen molar-refractivity contribution in [3.05, 3.63) is 57.9 Å². The van der Waals surface area contributed by atoms with Gasteiger partial charge in [0.15, 0.2) is 0 Å². The van der Waals surface area contributed by atoms with E-state index < -0.39 is 0 Å². The van der Waals surface area contributed by atoms with E-state index >= 15 is 0 Å². The summed E-state index contributed by atoms with van der Waals surface area (Å²) in [5.74, 6) is 2.19. The molecular weight excluding hydrogens is 326 g/mol. The fourth-order valence-corrected chi connectivity index (χ4v) is 5.48. The lowest BCUT2D eigenvalue weighted by Crippen LogP contribution is -2.34. The summed E-state index contributed by atoms with van der Waals surface area (Å²) in [4.78, 5) is 3.83. The van der Waals surface area contributed by atoms with Crippen molar-refractivity contribution in [2.45, 2.75) is 24.5 Å². The van der Waals surface area contributed by atoms with Crippen molar-refractivity contribution in [3.63, 3.8) is 0 Å². The molecule has 2 aliphatic heterocycles. The van der Waals surface area contributed by atoms with Crippen LogP contribution in [0.15, 0.2) is 57.9 Å². The Kier molecular flexibility index (Phi) is 4.44. The van der Waals surface area contributed by atoms with Gasteiger partial charge in [0.25, 0.3) is 0 Å². The van der Waals surface area contributed by atoms with Gasteiger partial charge in [-0.2, -0.15) is 0 Å². The first kappa shape index (κ1) is 15.6. The van der Waals surface area contributed by atoms with Gasteiger partial charge in [-0.15, -0.1) is 11.8 Å². The molecule has 2 heterocycles. The molecule has 0 saturated carbocycles. The zero-order chi connectivity index (χ0) is 15.8. The molecule has 2 unspecified atom stereocenters. The second kappa shape index (κ2) is 6.54. The molecule has 2 atom stereocenters. The van der Waals surface area contributed by atoms with Gasteiger partial charge in [-0.25, -0.2) is 0 Å². The van der Waals surface area contributed by atoms with Crippen LogP contribution in [0.5, 0.6) is 0 Å². The molecule has 1 saturated heterocycles. The Morgan fingerprint density at radius 2 is 2.09 bits per heavy atom. The number of nitrogens with zero attached hydrogens (tertiary/aromatic N) is 1. The second-order valence-electron chi connectivity index (χ2n) is 6.79. The normalized spacial score (nSPS) is 31.7. The number of hydrogen-bond acceptors (Lipinski definition) is 3. The van der Waals surface area contributed by atoms with E-state index in [2.05, 4.69) is 36.3 Å². The largest absolute Gasteiger partial charge is 0.464 e. The molecule has 2 nitrogen and oxygen atoms in total. The molecule has 4 heteroatoms. The number of hydrogen-bond donors (Lipinski definition) is 0. The molecule has 0 bridgehead atoms. The van der Waals surface area contributed by atoms with Gasteiger partial charge in [-0.05, 0) is 51.4 Å². The van der Waals surface area contributed by atoms with Crippen LogP contribution >= 0.6 is 23.4 Å². The van der Waals surface area contributed by atoms with Crippen molar-refractivity contribution < 1.29 is 4.74 Å². The Morgan fingerprint density at radius 1 is 1.26 bits per heavy atom. The maximum atomic E-state index is 6.46. The fourth-order valence-electron chi connectivity index (χ4n) is 3.83. The average molecular weight is 348 g/mol. The summed E-state index contributed by atoms with van der Waals surface area (Å²) >= 11 is 8.42. The molecule has 0 aromatic carbocycles. The predicted octanol–water partition coefficient (Wildman–Crippen LogP) is 4.82. The van der Waals surface area contributed by atoms with Gasteiger partial charge < -0.3 is 9.64 Å². The first-order valence-corrected chi connectivity index (χ1v) is 9.63. The van der Waals surface area contributed by atoms with Gasteiger partial charge in [0.05, 0.1) is 11.5 Å². The third-order valence-electron chi connectivity index (χ3n) is 5.20. The van der Waals surface area contributed by atoms with E-state index in [0.717, 1.165) is 17.2 Å². The zero-order valence-electron chi connectivity index (χ0n) is 13.4. The summed E-state index contributed by atoms with van der Waals surface area (Å²) in [5.41, 5.74) is 1.23. The number of allylic oxidation sites excluding steroid dienone is 6. The number of piperidine rings is 1. The lowest BCUT2D eigenvalue weighted by atomic mass is 9.80. The van der Waals surface area contributed by atoms with Crippen LogP contribution in [0, 0.1) is 11.8 Å². The van der Waals surface area contributed by atoms with Crippen molar-refractivity contribution in [1.29, 1.82) is 0 Å². The van der Waals surface area contributed by atoms with Crippen LogP contribution in [-0.4, -0.2) is 30.3 Å². The number of fused-ring (bicyclic) bond motifs is 1. The Hall–Kier alpha value is -0.900. The quantitative estimate of drug-likeness (QED) is 0.674. The molecule has 2 aliphatic carbocycles. The van der Waals surface area contributed by atoms with E-state index in [-0.39, 0.29) is 0 Å². The van der Waals surface area contributed by atoms with E-state index in [1.54, 1.807) is 0 Å². The molecule has 1 fully saturated rings. The maximum absolute atomic E-state index is 6.46. The molecule has 4 aliphatic rings. The van der Waals surface area contributed by atoms with Crippen molar-refractivity contribution >= 4 is 23.4 Å². The van der Waals surface area contributed by atoms with Gasteiger partial charge in [-0.3, -0.25) is 0 Å². The van der Waals surface area contributed by atoms with Crippen molar-refractivity contribution in [2.24, 2.45) is 11.8 Å². The van der Waals surface area contributed by atoms with Crippen LogP contribution in [-0.2, 0) is 4.74 Å². The number of thioether (sulfide) groups is 1. The van der Waals surface area contributed by atoms with Crippen LogP contribution in [0.1, 0.15) is 19.3 Å². The van der Waals surface area contributed by atoms with Gasteiger partial charge >= 0.3 is 0 Å². The molecule has 0 amide bonds. The summed E-state index contributed by atoms with van der Waals surface area (Å²) in [5, 5.41) is 1.30. The molecule has 0 spiro atoms. The number of likely N-dealkylation sites (tertiary alicyclic amines) is 1. The first-order chi connectivity index (χ1) is 11.2. The molecule has 23 heavy (non-hydrogen) atoms. The van der Waals surface area contributed by atoms with Crippen LogP contribution in [0.2, 0.25) is 0 Å². The van der Waals surface area contributed by atoms with Gasteiger partial charge in [0.2, 0.25) is 0 Å². The summed E-state index contributed by atoms with van der Waals surface area (Å²) < 4.78 is 6.03. The summed E-state index contributed by atoms with van der Waals surface area (Å²) in [7, 11) is 2.22. The summed E-state index contributed by atoms with van der Waals surface area (Å²) in [6, 6.07) is 0. The van der Waals surface area contributed by atoms with Crippen LogP contribution in [0.4, 0.5) is 0 Å². The lowest BCUT2D eigenvalue weighted by molar-refractivity contribution is 0.184. The fraction of sp³-hybridized carbons (Fsp3) is 0.474. The Labute approximate surface area is 147 Å². The monoisotopic (exact) mass is 347 g/mol. The Morgan fingerprint density at radius 3 is 2.91 bits per heavy atom. The van der Waals surface area contributed by atoms with Crippen LogP contribution in [0.3, 0.4) is 0 Å². The Bertz CT molecular complexity index is 638. The molecule has 0 aromatic heterocycles.